The van der Waals surface area contributed by atoms with Gasteiger partial charge in [-0.25, -0.2) is 0 Å². The van der Waals surface area contributed by atoms with Crippen LogP contribution in [0.4, 0.5) is 5.69 Å². The molecule has 0 spiro atoms. The first-order valence-electron chi connectivity index (χ1n) is 3.26. The highest BCUT2D eigenvalue weighted by molar-refractivity contribution is 6.40. The second-order valence-corrected chi connectivity index (χ2v) is 2.68. The summed E-state index contributed by atoms with van der Waals surface area (Å²) in [4.78, 5) is 0. The molecule has 0 radical (unpaired) electrons. The molecule has 2 N–H and O–H groups in total. The Morgan fingerprint density at radius 2 is 1.67 bits per heavy atom. The monoisotopic (exact) mass is 207 g/mol. The smallest absolute Gasteiger partial charge is 0.119 e. The molecule has 0 saturated carbocycles. The minimum atomic E-state index is 0.194. The third-order valence-corrected chi connectivity index (χ3v) is 1.12. The summed E-state index contributed by atoms with van der Waals surface area (Å²) in [5.41, 5.74) is 6.19. The van der Waals surface area contributed by atoms with E-state index in [2.05, 4.69) is 0 Å². The number of anilines is 1. The summed E-state index contributed by atoms with van der Waals surface area (Å²) in [6.07, 6.45) is 0. The first-order chi connectivity index (χ1) is 5.74. The summed E-state index contributed by atoms with van der Waals surface area (Å²) < 4.78 is 4.91. The SMILES string of the molecule is COc1ccc(N)cc1.ClCCl. The molecule has 0 amide bonds. The number of benzene rings is 1. The molecule has 1 aromatic rings. The van der Waals surface area contributed by atoms with E-state index in [0.29, 0.717) is 0 Å². The molecular formula is C8H11Cl2NO. The molecule has 1 rings (SSSR count). The van der Waals surface area contributed by atoms with Crippen molar-refractivity contribution in [1.82, 2.24) is 0 Å². The number of halogens is 2. The van der Waals surface area contributed by atoms with E-state index in [1.807, 2.05) is 12.1 Å². The van der Waals surface area contributed by atoms with E-state index in [9.17, 15) is 0 Å². The van der Waals surface area contributed by atoms with Crippen LogP contribution in [0, 0.1) is 0 Å². The summed E-state index contributed by atoms with van der Waals surface area (Å²) in [5.74, 6) is 0.837. The largest absolute Gasteiger partial charge is 0.497 e. The van der Waals surface area contributed by atoms with Gasteiger partial charge in [-0.1, -0.05) is 0 Å². The maximum absolute atomic E-state index is 5.43. The molecule has 0 bridgehead atoms. The average Bonchev–Trinajstić information content (AvgIpc) is 2.07. The minimum Gasteiger partial charge on any atom is -0.497 e. The number of alkyl halides is 2. The van der Waals surface area contributed by atoms with Crippen LogP contribution in [-0.2, 0) is 0 Å². The van der Waals surface area contributed by atoms with Crippen molar-refractivity contribution in [2.24, 2.45) is 0 Å². The van der Waals surface area contributed by atoms with Crippen molar-refractivity contribution in [3.05, 3.63) is 24.3 Å². The molecule has 0 aliphatic heterocycles. The zero-order valence-electron chi connectivity index (χ0n) is 6.76. The van der Waals surface area contributed by atoms with E-state index in [-0.39, 0.29) is 5.34 Å². The lowest BCUT2D eigenvalue weighted by atomic mass is 10.3. The number of ether oxygens (including phenoxy) is 1. The summed E-state index contributed by atoms with van der Waals surface area (Å²) in [7, 11) is 1.63. The number of rotatable bonds is 1. The van der Waals surface area contributed by atoms with Gasteiger partial charge in [0.05, 0.1) is 12.4 Å². The lowest BCUT2D eigenvalue weighted by molar-refractivity contribution is 0.415. The molecule has 0 aliphatic rings. The highest BCUT2D eigenvalue weighted by atomic mass is 35.5. The highest BCUT2D eigenvalue weighted by Gasteiger charge is 1.86. The summed E-state index contributed by atoms with van der Waals surface area (Å²) in [6.45, 7) is 0. The number of nitrogens with two attached hydrogens (primary N) is 1. The highest BCUT2D eigenvalue weighted by Crippen LogP contribution is 2.11. The molecule has 0 aliphatic carbocycles. The van der Waals surface area contributed by atoms with Crippen LogP contribution in [0.2, 0.25) is 0 Å². The van der Waals surface area contributed by atoms with Crippen LogP contribution in [0.5, 0.6) is 5.75 Å². The van der Waals surface area contributed by atoms with E-state index in [0.717, 1.165) is 11.4 Å². The molecule has 2 nitrogen and oxygen atoms in total. The molecule has 0 aromatic heterocycles. The van der Waals surface area contributed by atoms with Crippen LogP contribution in [0.15, 0.2) is 24.3 Å². The van der Waals surface area contributed by atoms with Crippen LogP contribution >= 0.6 is 23.2 Å². The van der Waals surface area contributed by atoms with Crippen LogP contribution in [-0.4, -0.2) is 12.4 Å². The van der Waals surface area contributed by atoms with E-state index in [4.69, 9.17) is 33.7 Å². The van der Waals surface area contributed by atoms with E-state index in [1.54, 1.807) is 19.2 Å². The molecule has 0 saturated heterocycles. The van der Waals surface area contributed by atoms with Gasteiger partial charge < -0.3 is 10.5 Å². The fourth-order valence-electron chi connectivity index (χ4n) is 0.604. The van der Waals surface area contributed by atoms with Crippen LogP contribution in [0.3, 0.4) is 0 Å². The van der Waals surface area contributed by atoms with Gasteiger partial charge in [-0.3, -0.25) is 0 Å². The fourth-order valence-corrected chi connectivity index (χ4v) is 0.604. The number of hydrogen-bond acceptors (Lipinski definition) is 2. The second-order valence-electron chi connectivity index (χ2n) is 1.87. The van der Waals surface area contributed by atoms with Gasteiger partial charge in [-0.15, -0.1) is 23.2 Å². The van der Waals surface area contributed by atoms with Gasteiger partial charge in [0.15, 0.2) is 0 Å². The Kier molecular flexibility index (Phi) is 6.72. The second kappa shape index (κ2) is 7.07. The zero-order valence-corrected chi connectivity index (χ0v) is 8.27. The van der Waals surface area contributed by atoms with Gasteiger partial charge in [0, 0.05) is 5.69 Å². The molecular weight excluding hydrogens is 197 g/mol. The summed E-state index contributed by atoms with van der Waals surface area (Å²) in [5, 5.41) is 0.194. The molecule has 68 valence electrons. The van der Waals surface area contributed by atoms with Gasteiger partial charge in [-0.05, 0) is 24.3 Å². The quantitative estimate of drug-likeness (QED) is 0.568. The Morgan fingerprint density at radius 3 is 2.00 bits per heavy atom. The van der Waals surface area contributed by atoms with Gasteiger partial charge in [0.1, 0.15) is 5.75 Å². The Balaban J connectivity index is 0.000000354. The molecule has 0 unspecified atom stereocenters. The molecule has 0 heterocycles. The van der Waals surface area contributed by atoms with Crippen molar-refractivity contribution in [3.63, 3.8) is 0 Å². The van der Waals surface area contributed by atoms with Crippen molar-refractivity contribution >= 4 is 28.9 Å². The van der Waals surface area contributed by atoms with E-state index < -0.39 is 0 Å². The van der Waals surface area contributed by atoms with E-state index in [1.165, 1.54) is 0 Å². The predicted octanol–water partition coefficient (Wildman–Crippen LogP) is 2.70. The molecule has 0 fully saturated rings. The fraction of sp³-hybridized carbons (Fsp3) is 0.250. The van der Waals surface area contributed by atoms with E-state index >= 15 is 0 Å². The van der Waals surface area contributed by atoms with Crippen molar-refractivity contribution in [1.29, 1.82) is 0 Å². The third-order valence-electron chi connectivity index (χ3n) is 1.12. The Hall–Kier alpha value is -0.600. The normalized spacial score (nSPS) is 8.25. The van der Waals surface area contributed by atoms with Crippen molar-refractivity contribution in [2.45, 2.75) is 0 Å². The Bertz CT molecular complexity index is 201. The first-order valence-corrected chi connectivity index (χ1v) is 4.33. The summed E-state index contributed by atoms with van der Waals surface area (Å²) >= 11 is 9.53. The topological polar surface area (TPSA) is 35.2 Å². The molecule has 1 aromatic carbocycles. The molecule has 12 heavy (non-hydrogen) atoms. The minimum absolute atomic E-state index is 0.194. The molecule has 4 heteroatoms. The number of methoxy groups -OCH3 is 1. The van der Waals surface area contributed by atoms with Crippen LogP contribution in [0.25, 0.3) is 0 Å². The van der Waals surface area contributed by atoms with Crippen molar-refractivity contribution in [2.75, 3.05) is 18.2 Å². The molecule has 0 atom stereocenters. The average molecular weight is 208 g/mol. The van der Waals surface area contributed by atoms with Gasteiger partial charge in [0.25, 0.3) is 0 Å². The maximum atomic E-state index is 5.43. The summed E-state index contributed by atoms with van der Waals surface area (Å²) in [6, 6.07) is 7.27. The lowest BCUT2D eigenvalue weighted by Crippen LogP contribution is -1.84. The first kappa shape index (κ1) is 11.4. The Morgan fingerprint density at radius 1 is 1.25 bits per heavy atom. The number of nitrogen functional groups attached to an aromatic ring is 1. The van der Waals surface area contributed by atoms with Gasteiger partial charge in [0.2, 0.25) is 0 Å². The number of hydrogen-bond donors (Lipinski definition) is 1. The maximum Gasteiger partial charge on any atom is 0.119 e. The Labute approximate surface area is 82.2 Å². The standard InChI is InChI=1S/C7H9NO.CH2Cl2/c1-9-7-4-2-6(8)3-5-7;2-1-3/h2-5H,8H2,1H3;1H2. The van der Waals surface area contributed by atoms with Crippen LogP contribution in [0.1, 0.15) is 0 Å². The van der Waals surface area contributed by atoms with Crippen molar-refractivity contribution in [3.8, 4) is 5.75 Å². The van der Waals surface area contributed by atoms with Crippen LogP contribution < -0.4 is 10.5 Å². The third kappa shape index (κ3) is 5.10. The zero-order chi connectivity index (χ0) is 9.40. The lowest BCUT2D eigenvalue weighted by Gasteiger charge is -1.97. The predicted molar refractivity (Wildman–Crippen MR) is 54.0 cm³/mol. The van der Waals surface area contributed by atoms with Crippen molar-refractivity contribution < 1.29 is 4.74 Å². The van der Waals surface area contributed by atoms with Gasteiger partial charge >= 0.3 is 0 Å². The van der Waals surface area contributed by atoms with Gasteiger partial charge in [-0.2, -0.15) is 0 Å².